The summed E-state index contributed by atoms with van der Waals surface area (Å²) < 4.78 is 19.5. The summed E-state index contributed by atoms with van der Waals surface area (Å²) in [6.45, 7) is 3.62. The summed E-state index contributed by atoms with van der Waals surface area (Å²) in [5.74, 6) is 0.794. The van der Waals surface area contributed by atoms with Gasteiger partial charge in [-0.2, -0.15) is 0 Å². The fraction of sp³-hybridized carbons (Fsp3) is 0.231. The number of methoxy groups -OCH3 is 1. The van der Waals surface area contributed by atoms with E-state index in [4.69, 9.17) is 17.0 Å². The molecule has 5 heteroatoms. The molecule has 0 atom stereocenters. The number of H-pyrrole nitrogens is 1. The van der Waals surface area contributed by atoms with Crippen molar-refractivity contribution in [3.8, 4) is 17.0 Å². The zero-order valence-electron chi connectivity index (χ0n) is 10.4. The highest BCUT2D eigenvalue weighted by atomic mass is 32.1. The first-order valence-electron chi connectivity index (χ1n) is 5.44. The lowest BCUT2D eigenvalue weighted by atomic mass is 10.1. The van der Waals surface area contributed by atoms with Gasteiger partial charge in [0, 0.05) is 17.2 Å². The highest BCUT2D eigenvalue weighted by Gasteiger charge is 2.11. The molecule has 0 fully saturated rings. The fourth-order valence-electron chi connectivity index (χ4n) is 1.74. The lowest BCUT2D eigenvalue weighted by Gasteiger charge is -2.09. The van der Waals surface area contributed by atoms with Crippen molar-refractivity contribution in [2.24, 2.45) is 0 Å². The normalized spacial score (nSPS) is 10.4. The van der Waals surface area contributed by atoms with Gasteiger partial charge in [-0.3, -0.25) is 0 Å². The van der Waals surface area contributed by atoms with Crippen LogP contribution in [0.5, 0.6) is 5.75 Å². The van der Waals surface area contributed by atoms with Gasteiger partial charge >= 0.3 is 0 Å². The largest absolute Gasteiger partial charge is 0.497 e. The lowest BCUT2D eigenvalue weighted by Crippen LogP contribution is -1.98. The van der Waals surface area contributed by atoms with Gasteiger partial charge in [0.15, 0.2) is 0 Å². The monoisotopic (exact) mass is 264 g/mol. The molecule has 94 valence electrons. The summed E-state index contributed by atoms with van der Waals surface area (Å²) in [5, 5.41) is 0. The summed E-state index contributed by atoms with van der Waals surface area (Å²) in [7, 11) is 1.50. The van der Waals surface area contributed by atoms with Gasteiger partial charge in [-0.25, -0.2) is 9.37 Å². The lowest BCUT2D eigenvalue weighted by molar-refractivity contribution is 0.411. The molecule has 0 aliphatic rings. The van der Waals surface area contributed by atoms with Crippen LogP contribution in [0.15, 0.2) is 18.2 Å². The van der Waals surface area contributed by atoms with Crippen molar-refractivity contribution in [2.45, 2.75) is 13.8 Å². The molecule has 0 unspecified atom stereocenters. The minimum atomic E-state index is -0.353. The summed E-state index contributed by atoms with van der Waals surface area (Å²) in [4.78, 5) is 7.19. The van der Waals surface area contributed by atoms with Gasteiger partial charge in [0.25, 0.3) is 0 Å². The van der Waals surface area contributed by atoms with E-state index in [-0.39, 0.29) is 5.82 Å². The van der Waals surface area contributed by atoms with Gasteiger partial charge in [0.05, 0.1) is 12.8 Å². The third-order valence-electron chi connectivity index (χ3n) is 2.72. The van der Waals surface area contributed by atoms with Crippen LogP contribution in [0, 0.1) is 24.3 Å². The molecule has 0 aliphatic carbocycles. The third-order valence-corrected chi connectivity index (χ3v) is 3.11. The van der Waals surface area contributed by atoms with Crippen LogP contribution in [0.2, 0.25) is 0 Å². The molecule has 2 aromatic rings. The average molecular weight is 264 g/mol. The molecule has 1 aromatic carbocycles. The predicted octanol–water partition coefficient (Wildman–Crippen LogP) is 3.57. The number of aryl methyl sites for hydroxylation is 1. The number of aromatic nitrogens is 2. The Hall–Kier alpha value is -1.75. The molecule has 0 radical (unpaired) electrons. The minimum Gasteiger partial charge on any atom is -0.497 e. The Morgan fingerprint density at radius 1 is 1.33 bits per heavy atom. The number of nitrogens with one attached hydrogen (secondary N) is 1. The van der Waals surface area contributed by atoms with Crippen molar-refractivity contribution in [3.05, 3.63) is 40.0 Å². The van der Waals surface area contributed by atoms with Crippen LogP contribution in [0.3, 0.4) is 0 Å². The fourth-order valence-corrected chi connectivity index (χ4v) is 1.98. The van der Waals surface area contributed by atoms with Crippen LogP contribution in [-0.4, -0.2) is 17.1 Å². The molecule has 0 bridgehead atoms. The molecular weight excluding hydrogens is 251 g/mol. The molecule has 1 aromatic heterocycles. The highest BCUT2D eigenvalue weighted by Crippen LogP contribution is 2.27. The number of halogens is 1. The first-order chi connectivity index (χ1) is 8.52. The zero-order valence-corrected chi connectivity index (χ0v) is 11.2. The smallest absolute Gasteiger partial charge is 0.136 e. The van der Waals surface area contributed by atoms with Crippen LogP contribution < -0.4 is 4.74 Å². The van der Waals surface area contributed by atoms with E-state index in [1.807, 2.05) is 6.92 Å². The standard InChI is InChI=1S/C13H13FN2OS/c1-7-12(15-8(2)16-13(7)18)10-5-4-9(17-3)6-11(10)14/h4-6H,1-3H3,(H,15,16,18). The zero-order chi connectivity index (χ0) is 13.3. The molecule has 1 heterocycles. The average Bonchev–Trinajstić information content (AvgIpc) is 2.34. The Labute approximate surface area is 110 Å². The van der Waals surface area contributed by atoms with E-state index in [1.54, 1.807) is 19.1 Å². The maximum Gasteiger partial charge on any atom is 0.136 e. The Morgan fingerprint density at radius 3 is 2.67 bits per heavy atom. The molecule has 1 N–H and O–H groups in total. The maximum absolute atomic E-state index is 14.0. The van der Waals surface area contributed by atoms with Gasteiger partial charge in [0.1, 0.15) is 22.0 Å². The molecule has 0 aliphatic heterocycles. The summed E-state index contributed by atoms with van der Waals surface area (Å²) in [6.07, 6.45) is 0. The molecule has 0 spiro atoms. The van der Waals surface area contributed by atoms with Gasteiger partial charge in [-0.05, 0) is 26.0 Å². The third kappa shape index (κ3) is 2.26. The van der Waals surface area contributed by atoms with Crippen molar-refractivity contribution >= 4 is 12.2 Å². The number of ether oxygens (including phenoxy) is 1. The van der Waals surface area contributed by atoms with Crippen molar-refractivity contribution in [1.29, 1.82) is 0 Å². The molecule has 0 saturated heterocycles. The second-order valence-electron chi connectivity index (χ2n) is 3.97. The van der Waals surface area contributed by atoms with Crippen LogP contribution in [-0.2, 0) is 0 Å². The van der Waals surface area contributed by atoms with E-state index in [9.17, 15) is 4.39 Å². The van der Waals surface area contributed by atoms with E-state index >= 15 is 0 Å². The summed E-state index contributed by atoms with van der Waals surface area (Å²) in [5.41, 5.74) is 1.89. The topological polar surface area (TPSA) is 37.9 Å². The molecule has 3 nitrogen and oxygen atoms in total. The van der Waals surface area contributed by atoms with Crippen molar-refractivity contribution in [1.82, 2.24) is 9.97 Å². The first kappa shape index (κ1) is 12.7. The number of rotatable bonds is 2. The Balaban J connectivity index is 2.66. The van der Waals surface area contributed by atoms with Gasteiger partial charge < -0.3 is 9.72 Å². The quantitative estimate of drug-likeness (QED) is 0.843. The summed E-state index contributed by atoms with van der Waals surface area (Å²) in [6, 6.07) is 4.73. The van der Waals surface area contributed by atoms with E-state index in [1.165, 1.54) is 13.2 Å². The number of benzene rings is 1. The Morgan fingerprint density at radius 2 is 2.06 bits per heavy atom. The molecule has 18 heavy (non-hydrogen) atoms. The number of hydrogen-bond donors (Lipinski definition) is 1. The van der Waals surface area contributed by atoms with E-state index in [0.29, 0.717) is 27.5 Å². The Bertz CT molecular complexity index is 652. The molecule has 0 amide bonds. The van der Waals surface area contributed by atoms with E-state index in [2.05, 4.69) is 9.97 Å². The number of nitrogens with zero attached hydrogens (tertiary/aromatic N) is 1. The van der Waals surface area contributed by atoms with Crippen LogP contribution >= 0.6 is 12.2 Å². The second kappa shape index (κ2) is 4.86. The van der Waals surface area contributed by atoms with Crippen molar-refractivity contribution < 1.29 is 9.13 Å². The van der Waals surface area contributed by atoms with Gasteiger partial charge in [-0.15, -0.1) is 0 Å². The van der Waals surface area contributed by atoms with Crippen molar-refractivity contribution in [3.63, 3.8) is 0 Å². The van der Waals surface area contributed by atoms with Gasteiger partial charge in [-0.1, -0.05) is 12.2 Å². The SMILES string of the molecule is COc1ccc(-c2[nH]c(C)nc(=S)c2C)c(F)c1. The van der Waals surface area contributed by atoms with Gasteiger partial charge in [0.2, 0.25) is 0 Å². The highest BCUT2D eigenvalue weighted by molar-refractivity contribution is 7.71. The molecule has 2 rings (SSSR count). The minimum absolute atomic E-state index is 0.353. The van der Waals surface area contributed by atoms with Crippen LogP contribution in [0.4, 0.5) is 4.39 Å². The molecular formula is C13H13FN2OS. The second-order valence-corrected chi connectivity index (χ2v) is 4.36. The van der Waals surface area contributed by atoms with Crippen LogP contribution in [0.25, 0.3) is 11.3 Å². The van der Waals surface area contributed by atoms with E-state index < -0.39 is 0 Å². The first-order valence-corrected chi connectivity index (χ1v) is 5.85. The number of aromatic amines is 1. The Kier molecular flexibility index (Phi) is 3.43. The number of hydrogen-bond acceptors (Lipinski definition) is 3. The van der Waals surface area contributed by atoms with Crippen LogP contribution in [0.1, 0.15) is 11.4 Å². The summed E-state index contributed by atoms with van der Waals surface area (Å²) >= 11 is 5.14. The predicted molar refractivity (Wildman–Crippen MR) is 70.8 cm³/mol. The van der Waals surface area contributed by atoms with E-state index in [0.717, 1.165) is 5.56 Å². The maximum atomic E-state index is 14.0. The van der Waals surface area contributed by atoms with Crippen molar-refractivity contribution in [2.75, 3.05) is 7.11 Å². The molecule has 0 saturated carbocycles.